The fraction of sp³-hybridized carbons (Fsp3) is 0.250. The maximum Gasteiger partial charge on any atom is 0.513 e. The fourth-order valence-corrected chi connectivity index (χ4v) is 4.24. The van der Waals surface area contributed by atoms with Gasteiger partial charge in [-0.25, -0.2) is 4.79 Å². The number of benzene rings is 2. The van der Waals surface area contributed by atoms with Crippen LogP contribution < -0.4 is 14.4 Å². The summed E-state index contributed by atoms with van der Waals surface area (Å²) in [6, 6.07) is 12.8. The van der Waals surface area contributed by atoms with Crippen LogP contribution in [0.3, 0.4) is 0 Å². The van der Waals surface area contributed by atoms with Gasteiger partial charge in [0.1, 0.15) is 17.4 Å². The van der Waals surface area contributed by atoms with Crippen LogP contribution in [0.4, 0.5) is 10.5 Å². The number of carbonyl (C=O) groups is 1. The van der Waals surface area contributed by atoms with Crippen LogP contribution in [0.5, 0.6) is 11.7 Å². The van der Waals surface area contributed by atoms with Crippen LogP contribution >= 0.6 is 27.5 Å². The molecule has 0 bridgehead atoms. The second-order valence-corrected chi connectivity index (χ2v) is 7.73. The van der Waals surface area contributed by atoms with Crippen LogP contribution in [0.25, 0.3) is 11.0 Å². The minimum atomic E-state index is -1.41. The van der Waals surface area contributed by atoms with E-state index in [0.717, 1.165) is 47.2 Å². The van der Waals surface area contributed by atoms with Crippen molar-refractivity contribution < 1.29 is 23.8 Å². The fourth-order valence-electron chi connectivity index (χ4n) is 3.37. The Labute approximate surface area is 174 Å². The van der Waals surface area contributed by atoms with Crippen molar-refractivity contribution in [2.75, 3.05) is 18.0 Å². The first-order chi connectivity index (χ1) is 13.5. The minimum absolute atomic E-state index is 0.0472. The van der Waals surface area contributed by atoms with Crippen molar-refractivity contribution >= 4 is 50.3 Å². The topological polar surface area (TPSA) is 72.1 Å². The van der Waals surface area contributed by atoms with Crippen molar-refractivity contribution in [1.29, 1.82) is 0 Å². The van der Waals surface area contributed by atoms with Gasteiger partial charge in [0.15, 0.2) is 0 Å². The second kappa shape index (κ2) is 7.93. The minimum Gasteiger partial charge on any atom is -0.490 e. The monoisotopic (exact) mass is 465 g/mol. The third kappa shape index (κ3) is 4.05. The van der Waals surface area contributed by atoms with Gasteiger partial charge in [0.25, 0.3) is 5.95 Å². The molecule has 0 spiro atoms. The van der Waals surface area contributed by atoms with E-state index >= 15 is 0 Å². The Hall–Kier alpha value is -2.38. The van der Waals surface area contributed by atoms with Crippen molar-refractivity contribution in [2.45, 2.75) is 18.9 Å². The molecule has 8 heteroatoms. The van der Waals surface area contributed by atoms with E-state index in [1.807, 2.05) is 36.4 Å². The zero-order valence-corrected chi connectivity index (χ0v) is 17.1. The van der Waals surface area contributed by atoms with Crippen LogP contribution in [0.1, 0.15) is 12.8 Å². The predicted molar refractivity (Wildman–Crippen MR) is 110 cm³/mol. The molecule has 2 aromatic carbocycles. The molecule has 0 aliphatic carbocycles. The molecule has 1 N–H and O–H groups in total. The summed E-state index contributed by atoms with van der Waals surface area (Å²) in [4.78, 5) is 13.0. The van der Waals surface area contributed by atoms with E-state index in [9.17, 15) is 4.79 Å². The molecule has 0 unspecified atom stereocenters. The van der Waals surface area contributed by atoms with Gasteiger partial charge in [-0.15, -0.1) is 0 Å². The summed E-state index contributed by atoms with van der Waals surface area (Å²) in [5.41, 5.74) is 1.59. The Morgan fingerprint density at radius 1 is 1.21 bits per heavy atom. The Kier molecular flexibility index (Phi) is 5.37. The highest BCUT2D eigenvalue weighted by atomic mass is 79.9. The number of hydrogen-bond donors (Lipinski definition) is 1. The van der Waals surface area contributed by atoms with Gasteiger partial charge in [-0.2, -0.15) is 0 Å². The lowest BCUT2D eigenvalue weighted by Crippen LogP contribution is -2.38. The highest BCUT2D eigenvalue weighted by molar-refractivity contribution is 9.10. The molecule has 0 saturated carbocycles. The van der Waals surface area contributed by atoms with Crippen molar-refractivity contribution in [3.63, 3.8) is 0 Å². The summed E-state index contributed by atoms with van der Waals surface area (Å²) in [5, 5.41) is 10.2. The molecular weight excluding hydrogens is 450 g/mol. The Bertz CT molecular complexity index is 1010. The predicted octanol–water partition coefficient (Wildman–Crippen LogP) is 5.95. The number of nitrogens with zero attached hydrogens (tertiary/aromatic N) is 1. The highest BCUT2D eigenvalue weighted by Gasteiger charge is 2.23. The van der Waals surface area contributed by atoms with E-state index in [1.165, 1.54) is 0 Å². The summed E-state index contributed by atoms with van der Waals surface area (Å²) < 4.78 is 16.9. The summed E-state index contributed by atoms with van der Waals surface area (Å²) in [7, 11) is 0. The smallest absolute Gasteiger partial charge is 0.490 e. The summed E-state index contributed by atoms with van der Waals surface area (Å²) >= 11 is 9.64. The summed E-state index contributed by atoms with van der Waals surface area (Å²) in [6.45, 7) is 1.68. The van der Waals surface area contributed by atoms with Gasteiger partial charge >= 0.3 is 6.16 Å². The first-order valence-electron chi connectivity index (χ1n) is 8.79. The average Bonchev–Trinajstić information content (AvgIpc) is 3.06. The highest BCUT2D eigenvalue weighted by Crippen LogP contribution is 2.38. The quantitative estimate of drug-likeness (QED) is 0.479. The molecule has 1 fully saturated rings. The lowest BCUT2D eigenvalue weighted by molar-refractivity contribution is 0.134. The molecule has 0 atom stereocenters. The standard InChI is InChI=1S/C20H17BrClNO5/c21-19-15-11-18(28-20(24)25)27-17(15)5-4-16(19)23-8-6-13(7-9-23)26-14-3-1-2-12(22)10-14/h1-5,10-11,13H,6-9H2,(H,24,25). The molecule has 28 heavy (non-hydrogen) atoms. The maximum atomic E-state index is 10.7. The molecule has 1 aliphatic rings. The van der Waals surface area contributed by atoms with Crippen molar-refractivity contribution in [3.8, 4) is 11.7 Å². The largest absolute Gasteiger partial charge is 0.513 e. The molecule has 6 nitrogen and oxygen atoms in total. The molecule has 3 aromatic rings. The van der Waals surface area contributed by atoms with E-state index < -0.39 is 6.16 Å². The average molecular weight is 467 g/mol. The number of anilines is 1. The first kappa shape index (κ1) is 19.0. The molecular formula is C20H17BrClNO5. The molecule has 2 heterocycles. The lowest BCUT2D eigenvalue weighted by Gasteiger charge is -2.34. The van der Waals surface area contributed by atoms with Crippen LogP contribution in [-0.4, -0.2) is 30.5 Å². The number of piperidine rings is 1. The zero-order chi connectivity index (χ0) is 19.7. The number of furan rings is 1. The number of ether oxygens (including phenoxy) is 2. The summed E-state index contributed by atoms with van der Waals surface area (Å²) in [5.74, 6) is 0.742. The van der Waals surface area contributed by atoms with E-state index in [4.69, 9.17) is 25.9 Å². The Morgan fingerprint density at radius 3 is 2.71 bits per heavy atom. The Balaban J connectivity index is 1.46. The zero-order valence-electron chi connectivity index (χ0n) is 14.7. The van der Waals surface area contributed by atoms with Gasteiger partial charge in [0.2, 0.25) is 0 Å². The molecule has 0 amide bonds. The van der Waals surface area contributed by atoms with Crippen LogP contribution in [0.2, 0.25) is 5.02 Å². The van der Waals surface area contributed by atoms with Gasteiger partial charge < -0.3 is 23.9 Å². The third-order valence-electron chi connectivity index (χ3n) is 4.66. The summed E-state index contributed by atoms with van der Waals surface area (Å²) in [6.07, 6.45) is 0.504. The van der Waals surface area contributed by atoms with Crippen LogP contribution in [0, 0.1) is 0 Å². The van der Waals surface area contributed by atoms with Crippen molar-refractivity contribution in [3.05, 3.63) is 52.0 Å². The van der Waals surface area contributed by atoms with Gasteiger partial charge in [-0.05, 0) is 46.3 Å². The number of carboxylic acid groups (broad SMARTS) is 1. The van der Waals surface area contributed by atoms with Crippen LogP contribution in [0.15, 0.2) is 51.4 Å². The number of rotatable bonds is 4. The molecule has 1 aliphatic heterocycles. The van der Waals surface area contributed by atoms with Crippen molar-refractivity contribution in [1.82, 2.24) is 0 Å². The van der Waals surface area contributed by atoms with E-state index in [0.29, 0.717) is 10.6 Å². The second-order valence-electron chi connectivity index (χ2n) is 6.51. The molecule has 146 valence electrons. The number of hydrogen-bond acceptors (Lipinski definition) is 5. The molecule has 1 saturated heterocycles. The maximum absolute atomic E-state index is 10.7. The first-order valence-corrected chi connectivity index (χ1v) is 9.96. The molecule has 4 rings (SSSR count). The van der Waals surface area contributed by atoms with Crippen LogP contribution in [-0.2, 0) is 0 Å². The normalized spacial score (nSPS) is 15.0. The number of halogens is 2. The Morgan fingerprint density at radius 2 is 2.00 bits per heavy atom. The molecule has 0 radical (unpaired) electrons. The SMILES string of the molecule is O=C(O)Oc1cc2c(Br)c(N3CCC(Oc4cccc(Cl)c4)CC3)ccc2o1. The van der Waals surface area contributed by atoms with Gasteiger partial charge in [0, 0.05) is 42.4 Å². The lowest BCUT2D eigenvalue weighted by atomic mass is 10.1. The van der Waals surface area contributed by atoms with E-state index in [2.05, 4.69) is 25.6 Å². The van der Waals surface area contributed by atoms with E-state index in [-0.39, 0.29) is 12.1 Å². The van der Waals surface area contributed by atoms with Gasteiger partial charge in [0.05, 0.1) is 10.2 Å². The third-order valence-corrected chi connectivity index (χ3v) is 5.73. The van der Waals surface area contributed by atoms with E-state index in [1.54, 1.807) is 6.07 Å². The van der Waals surface area contributed by atoms with Gasteiger partial charge in [-0.1, -0.05) is 17.7 Å². The number of fused-ring (bicyclic) bond motifs is 1. The van der Waals surface area contributed by atoms with Gasteiger partial charge in [-0.3, -0.25) is 0 Å². The molecule has 1 aromatic heterocycles. The van der Waals surface area contributed by atoms with Crippen molar-refractivity contribution in [2.24, 2.45) is 0 Å².